The van der Waals surface area contributed by atoms with Gasteiger partial charge >= 0.3 is 0 Å². The van der Waals surface area contributed by atoms with Crippen molar-refractivity contribution >= 4 is 46.1 Å². The third-order valence-corrected chi connectivity index (χ3v) is 6.39. The SMILES string of the molecule is C[C@@H](C(=O)Nc1ccc(F)cc1Cl)[NH+]1CC[NH+](Cc2ccc(Cl)s2)CC1. The molecule has 1 aliphatic rings. The molecule has 1 aliphatic heterocycles. The van der Waals surface area contributed by atoms with Gasteiger partial charge in [0.05, 0.1) is 19.9 Å². The highest BCUT2D eigenvalue weighted by molar-refractivity contribution is 7.16. The maximum atomic E-state index is 13.1. The van der Waals surface area contributed by atoms with E-state index in [0.29, 0.717) is 5.69 Å². The number of hydrogen-bond acceptors (Lipinski definition) is 2. The van der Waals surface area contributed by atoms with Crippen LogP contribution in [-0.2, 0) is 11.3 Å². The van der Waals surface area contributed by atoms with Crippen LogP contribution < -0.4 is 15.1 Å². The first-order chi connectivity index (χ1) is 12.4. The molecule has 0 spiro atoms. The lowest BCUT2D eigenvalue weighted by atomic mass is 10.2. The molecule has 3 N–H and O–H groups in total. The van der Waals surface area contributed by atoms with Crippen molar-refractivity contribution in [1.29, 1.82) is 0 Å². The molecule has 1 amide bonds. The van der Waals surface area contributed by atoms with Crippen molar-refractivity contribution in [1.82, 2.24) is 0 Å². The van der Waals surface area contributed by atoms with Crippen LogP contribution in [0.1, 0.15) is 11.8 Å². The summed E-state index contributed by atoms with van der Waals surface area (Å²) in [6.45, 7) is 6.79. The van der Waals surface area contributed by atoms with Gasteiger partial charge < -0.3 is 15.1 Å². The second-order valence-corrected chi connectivity index (χ2v) is 8.83. The van der Waals surface area contributed by atoms with Gasteiger partial charge in [-0.3, -0.25) is 4.79 Å². The minimum absolute atomic E-state index is 0.0954. The molecule has 0 bridgehead atoms. The molecular weight excluding hydrogens is 396 g/mol. The highest BCUT2D eigenvalue weighted by Gasteiger charge is 2.31. The molecule has 0 radical (unpaired) electrons. The third-order valence-electron chi connectivity index (χ3n) is 4.85. The van der Waals surface area contributed by atoms with Gasteiger partial charge in [0.2, 0.25) is 0 Å². The largest absolute Gasteiger partial charge is 0.321 e. The summed E-state index contributed by atoms with van der Waals surface area (Å²) in [7, 11) is 0. The summed E-state index contributed by atoms with van der Waals surface area (Å²) in [5, 5.41) is 3.02. The van der Waals surface area contributed by atoms with Gasteiger partial charge in [0, 0.05) is 0 Å². The summed E-state index contributed by atoms with van der Waals surface area (Å²) in [4.78, 5) is 16.6. The first-order valence-electron chi connectivity index (χ1n) is 8.60. The molecule has 1 fully saturated rings. The molecule has 3 rings (SSSR count). The van der Waals surface area contributed by atoms with E-state index in [9.17, 15) is 9.18 Å². The first-order valence-corrected chi connectivity index (χ1v) is 10.2. The van der Waals surface area contributed by atoms with E-state index in [1.54, 1.807) is 11.3 Å². The van der Waals surface area contributed by atoms with E-state index >= 15 is 0 Å². The van der Waals surface area contributed by atoms with Crippen molar-refractivity contribution in [2.75, 3.05) is 31.5 Å². The second-order valence-electron chi connectivity index (χ2n) is 6.63. The maximum Gasteiger partial charge on any atom is 0.282 e. The van der Waals surface area contributed by atoms with Crippen LogP contribution in [0.4, 0.5) is 10.1 Å². The third kappa shape index (κ3) is 4.96. The average molecular weight is 418 g/mol. The van der Waals surface area contributed by atoms with Crippen LogP contribution in [0.2, 0.25) is 9.36 Å². The highest BCUT2D eigenvalue weighted by atomic mass is 35.5. The summed E-state index contributed by atoms with van der Waals surface area (Å²) >= 11 is 13.6. The van der Waals surface area contributed by atoms with Gasteiger partial charge in [0.15, 0.2) is 6.04 Å². The van der Waals surface area contributed by atoms with Gasteiger partial charge in [0.1, 0.15) is 38.5 Å². The number of amides is 1. The number of thiophene rings is 1. The predicted molar refractivity (Wildman–Crippen MR) is 104 cm³/mol. The summed E-state index contributed by atoms with van der Waals surface area (Å²) in [6.07, 6.45) is 0. The van der Waals surface area contributed by atoms with Crippen molar-refractivity contribution in [2.24, 2.45) is 0 Å². The smallest absolute Gasteiger partial charge is 0.282 e. The Balaban J connectivity index is 1.51. The molecular formula is C18H22Cl2FN3OS+2. The number of carbonyl (C=O) groups excluding carboxylic acids is 1. The van der Waals surface area contributed by atoms with E-state index in [1.165, 1.54) is 32.9 Å². The highest BCUT2D eigenvalue weighted by Crippen LogP contribution is 2.22. The summed E-state index contributed by atoms with van der Waals surface area (Å²) in [5.41, 5.74) is 0.447. The topological polar surface area (TPSA) is 38.0 Å². The number of rotatable bonds is 5. The van der Waals surface area contributed by atoms with Gasteiger partial charge in [0.25, 0.3) is 5.91 Å². The van der Waals surface area contributed by atoms with E-state index < -0.39 is 5.82 Å². The van der Waals surface area contributed by atoms with Gasteiger partial charge in [-0.2, -0.15) is 0 Å². The normalized spacial score (nSPS) is 21.4. The van der Waals surface area contributed by atoms with Crippen LogP contribution in [0.15, 0.2) is 30.3 Å². The fraction of sp³-hybridized carbons (Fsp3) is 0.389. The molecule has 0 unspecified atom stereocenters. The van der Waals surface area contributed by atoms with Crippen LogP contribution in [0.3, 0.4) is 0 Å². The Hall–Kier alpha value is -1.18. The number of halogens is 3. The lowest BCUT2D eigenvalue weighted by Crippen LogP contribution is -3.29. The van der Waals surface area contributed by atoms with Crippen LogP contribution in [0.5, 0.6) is 0 Å². The molecule has 1 aromatic carbocycles. The number of piperazine rings is 1. The van der Waals surface area contributed by atoms with Crippen molar-refractivity contribution in [3.05, 3.63) is 50.4 Å². The lowest BCUT2D eigenvalue weighted by molar-refractivity contribution is -1.02. The Bertz CT molecular complexity index is 778. The standard InChI is InChI=1S/C18H20Cl2FN3OS/c1-12(18(25)22-16-4-2-13(21)10-15(16)19)24-8-6-23(7-9-24)11-14-3-5-17(20)26-14/h2-5,10,12H,6-9,11H2,1H3,(H,22,25)/p+2/t12-/m0/s1. The Morgan fingerprint density at radius 2 is 1.96 bits per heavy atom. The average Bonchev–Trinajstić information content (AvgIpc) is 3.02. The predicted octanol–water partition coefficient (Wildman–Crippen LogP) is 1.50. The fourth-order valence-corrected chi connectivity index (χ4v) is 4.62. The molecule has 26 heavy (non-hydrogen) atoms. The molecule has 0 saturated carbocycles. The Morgan fingerprint density at radius 3 is 2.58 bits per heavy atom. The monoisotopic (exact) mass is 417 g/mol. The number of carbonyl (C=O) groups is 1. The Kier molecular flexibility index (Phi) is 6.53. The lowest BCUT2D eigenvalue weighted by Gasteiger charge is -2.32. The molecule has 1 atom stereocenters. The second kappa shape index (κ2) is 8.67. The summed E-state index contributed by atoms with van der Waals surface area (Å²) in [6, 6.07) is 7.82. The zero-order chi connectivity index (χ0) is 18.7. The molecule has 140 valence electrons. The van der Waals surface area contributed by atoms with Crippen molar-refractivity contribution < 1.29 is 19.0 Å². The van der Waals surface area contributed by atoms with E-state index in [2.05, 4.69) is 11.4 Å². The maximum absolute atomic E-state index is 13.1. The molecule has 2 heterocycles. The summed E-state index contributed by atoms with van der Waals surface area (Å²) in [5.74, 6) is -0.514. The Labute approximate surface area is 166 Å². The van der Waals surface area contributed by atoms with Crippen LogP contribution in [-0.4, -0.2) is 38.1 Å². The molecule has 2 aromatic rings. The minimum Gasteiger partial charge on any atom is -0.321 e. The Morgan fingerprint density at radius 1 is 1.23 bits per heavy atom. The molecule has 8 heteroatoms. The number of hydrogen-bond donors (Lipinski definition) is 3. The van der Waals surface area contributed by atoms with E-state index in [0.717, 1.165) is 37.1 Å². The quantitative estimate of drug-likeness (QED) is 0.677. The zero-order valence-electron chi connectivity index (χ0n) is 14.5. The zero-order valence-corrected chi connectivity index (χ0v) is 16.8. The first kappa shape index (κ1) is 19.6. The van der Waals surface area contributed by atoms with Gasteiger partial charge in [-0.25, -0.2) is 4.39 Å². The van der Waals surface area contributed by atoms with Crippen molar-refractivity contribution in [3.63, 3.8) is 0 Å². The van der Waals surface area contributed by atoms with Crippen molar-refractivity contribution in [2.45, 2.75) is 19.5 Å². The van der Waals surface area contributed by atoms with Crippen LogP contribution in [0.25, 0.3) is 0 Å². The molecule has 1 aromatic heterocycles. The fourth-order valence-electron chi connectivity index (χ4n) is 3.24. The van der Waals surface area contributed by atoms with E-state index in [4.69, 9.17) is 23.2 Å². The van der Waals surface area contributed by atoms with Gasteiger partial charge in [-0.05, 0) is 37.3 Å². The van der Waals surface area contributed by atoms with Crippen LogP contribution in [0, 0.1) is 5.82 Å². The van der Waals surface area contributed by atoms with Crippen molar-refractivity contribution in [3.8, 4) is 0 Å². The molecule has 0 aliphatic carbocycles. The number of benzene rings is 1. The van der Waals surface area contributed by atoms with Gasteiger partial charge in [-0.15, -0.1) is 11.3 Å². The van der Waals surface area contributed by atoms with E-state index in [1.807, 2.05) is 13.0 Å². The van der Waals surface area contributed by atoms with Gasteiger partial charge in [-0.1, -0.05) is 23.2 Å². The number of anilines is 1. The number of quaternary nitrogens is 2. The van der Waals surface area contributed by atoms with E-state index in [-0.39, 0.29) is 17.0 Å². The number of nitrogens with one attached hydrogen (secondary N) is 3. The molecule has 1 saturated heterocycles. The summed E-state index contributed by atoms with van der Waals surface area (Å²) < 4.78 is 13.9. The minimum atomic E-state index is -0.419. The molecule has 4 nitrogen and oxygen atoms in total. The van der Waals surface area contributed by atoms with Crippen LogP contribution >= 0.6 is 34.5 Å².